The Bertz CT molecular complexity index is 1340. The number of anilines is 1. The van der Waals surface area contributed by atoms with Gasteiger partial charge in [-0.15, -0.1) is 0 Å². The van der Waals surface area contributed by atoms with Gasteiger partial charge in [-0.2, -0.15) is 0 Å². The van der Waals surface area contributed by atoms with Crippen molar-refractivity contribution < 1.29 is 28.4 Å². The van der Waals surface area contributed by atoms with Gasteiger partial charge in [0.15, 0.2) is 0 Å². The fraction of sp³-hybridized carbons (Fsp3) is 0.464. The number of nitrogens with one attached hydrogen (secondary N) is 1. The predicted octanol–water partition coefficient (Wildman–Crippen LogP) is 3.01. The van der Waals surface area contributed by atoms with Crippen molar-refractivity contribution in [3.8, 4) is 16.9 Å². The van der Waals surface area contributed by atoms with Crippen molar-refractivity contribution in [2.24, 2.45) is 0 Å². The van der Waals surface area contributed by atoms with Crippen LogP contribution in [0.1, 0.15) is 30.8 Å². The van der Waals surface area contributed by atoms with Gasteiger partial charge in [0.2, 0.25) is 0 Å². The summed E-state index contributed by atoms with van der Waals surface area (Å²) in [6, 6.07) is 11.5. The molecule has 2 aromatic rings. The Balaban J connectivity index is 1.55. The van der Waals surface area contributed by atoms with Crippen LogP contribution in [0.2, 0.25) is 0 Å². The molecule has 2 aliphatic rings. The standard InChI is InChI=1S/C28H34N5O6P/c1-4-39-28(36)32-12-13-33(19(2)16-32)27(35)25(18-40-37)30-26(34)24-15-21(31-11-10-22(17-31)38-3)14-23(29-24)20-8-6-5-7-9-20/h5-9,14-15,19,22,25H,4,10-13,16-17H2,1-3H3,(H,30,34)/t19?,22-,25-/m0/s1. The maximum absolute atomic E-state index is 13.5. The molecular formula is C28H34N5O6P. The predicted molar refractivity (Wildman–Crippen MR) is 150 cm³/mol. The molecule has 0 aliphatic carbocycles. The molecular weight excluding hydrogens is 533 g/mol. The molecule has 212 valence electrons. The minimum absolute atomic E-state index is 0.0965. The van der Waals surface area contributed by atoms with Crippen LogP contribution in [0, 0.1) is 5.63 Å². The second kappa shape index (κ2) is 13.6. The second-order valence-electron chi connectivity index (χ2n) is 9.71. The first-order valence-corrected chi connectivity index (χ1v) is 14.1. The molecule has 2 saturated heterocycles. The van der Waals surface area contributed by atoms with E-state index in [1.807, 2.05) is 36.4 Å². The van der Waals surface area contributed by atoms with E-state index in [2.05, 4.69) is 20.8 Å². The van der Waals surface area contributed by atoms with Crippen LogP contribution in [-0.2, 0) is 18.8 Å². The van der Waals surface area contributed by atoms with Crippen molar-refractivity contribution in [1.82, 2.24) is 20.1 Å². The molecule has 11 nitrogen and oxygen atoms in total. The maximum atomic E-state index is 13.5. The van der Waals surface area contributed by atoms with Crippen LogP contribution in [0.4, 0.5) is 10.5 Å². The van der Waals surface area contributed by atoms with Gasteiger partial charge in [0, 0.05) is 0 Å². The van der Waals surface area contributed by atoms with Crippen molar-refractivity contribution >= 4 is 31.5 Å². The third-order valence-electron chi connectivity index (χ3n) is 7.10. The van der Waals surface area contributed by atoms with Crippen LogP contribution < -0.4 is 10.2 Å². The fourth-order valence-electron chi connectivity index (χ4n) is 4.97. The molecule has 0 radical (unpaired) electrons. The van der Waals surface area contributed by atoms with Crippen molar-refractivity contribution in [2.45, 2.75) is 38.5 Å². The number of hydrogen-bond donors (Lipinski definition) is 1. The van der Waals surface area contributed by atoms with Crippen molar-refractivity contribution in [2.75, 3.05) is 51.3 Å². The van der Waals surface area contributed by atoms with Crippen LogP contribution in [0.25, 0.3) is 11.3 Å². The van der Waals surface area contributed by atoms with Crippen LogP contribution in [0.3, 0.4) is 0 Å². The van der Waals surface area contributed by atoms with E-state index in [1.54, 1.807) is 31.9 Å². The third kappa shape index (κ3) is 6.91. The number of benzene rings is 1. The minimum atomic E-state index is -1.27. The number of pyridine rings is 1. The van der Waals surface area contributed by atoms with Crippen molar-refractivity contribution in [1.29, 1.82) is 0 Å². The van der Waals surface area contributed by atoms with Crippen LogP contribution >= 0.6 is 7.92 Å². The summed E-state index contributed by atoms with van der Waals surface area (Å²) in [5.74, 6) is -1.05. The fourth-order valence-corrected chi connectivity index (χ4v) is 5.25. The number of carbonyl (C=O) groups is 3. The molecule has 3 amide bonds. The first-order chi connectivity index (χ1) is 19.3. The van der Waals surface area contributed by atoms with Crippen molar-refractivity contribution in [3.05, 3.63) is 48.2 Å². The van der Waals surface area contributed by atoms with Crippen LogP contribution in [0.5, 0.6) is 0 Å². The second-order valence-corrected chi connectivity index (χ2v) is 10.1. The summed E-state index contributed by atoms with van der Waals surface area (Å²) >= 11 is 0. The summed E-state index contributed by atoms with van der Waals surface area (Å²) in [6.07, 6.45) is 0.530. The molecule has 0 bridgehead atoms. The first kappa shape index (κ1) is 29.3. The summed E-state index contributed by atoms with van der Waals surface area (Å²) in [7, 11) is 1.17. The molecule has 2 aliphatic heterocycles. The number of methoxy groups -OCH3 is 1. The average molecular weight is 568 g/mol. The van der Waals surface area contributed by atoms with Gasteiger partial charge in [-0.3, -0.25) is 0 Å². The van der Waals surface area contributed by atoms with E-state index in [-0.39, 0.29) is 44.1 Å². The molecule has 1 aromatic carbocycles. The first-order valence-electron chi connectivity index (χ1n) is 13.3. The zero-order valence-electron chi connectivity index (χ0n) is 22.9. The van der Waals surface area contributed by atoms with Gasteiger partial charge >= 0.3 is 235 Å². The third-order valence-corrected chi connectivity index (χ3v) is 7.46. The van der Waals surface area contributed by atoms with E-state index in [0.717, 1.165) is 24.2 Å². The molecule has 1 aromatic heterocycles. The number of carbonyl (C=O) groups excluding carboxylic acids is 3. The topological polar surface area (TPSA) is 121 Å². The van der Waals surface area contributed by atoms with Gasteiger partial charge in [0.25, 0.3) is 0 Å². The van der Waals surface area contributed by atoms with Crippen molar-refractivity contribution in [3.63, 3.8) is 0 Å². The Hall–Kier alpha value is -3.65. The van der Waals surface area contributed by atoms with E-state index < -0.39 is 31.9 Å². The van der Waals surface area contributed by atoms with E-state index in [1.165, 1.54) is 4.90 Å². The average Bonchev–Trinajstić information content (AvgIpc) is 3.46. The molecule has 0 spiro atoms. The van der Waals surface area contributed by atoms with Gasteiger partial charge in [-0.25, -0.2) is 0 Å². The summed E-state index contributed by atoms with van der Waals surface area (Å²) < 4.78 is 22.1. The Morgan fingerprint density at radius 3 is 2.58 bits per heavy atom. The number of amides is 3. The molecule has 40 heavy (non-hydrogen) atoms. The number of ether oxygens (including phenoxy) is 2. The summed E-state index contributed by atoms with van der Waals surface area (Å²) in [4.78, 5) is 48.9. The molecule has 4 rings (SSSR count). The van der Waals surface area contributed by atoms with Gasteiger partial charge in [0.05, 0.1) is 0 Å². The van der Waals surface area contributed by atoms with Crippen LogP contribution in [-0.4, -0.2) is 97.3 Å². The number of hydrogen-bond acceptors (Lipinski definition) is 8. The molecule has 1 N–H and O–H groups in total. The Morgan fingerprint density at radius 1 is 1.15 bits per heavy atom. The van der Waals surface area contributed by atoms with Crippen LogP contribution in [0.15, 0.2) is 42.5 Å². The monoisotopic (exact) mass is 567 g/mol. The van der Waals surface area contributed by atoms with E-state index in [0.29, 0.717) is 12.2 Å². The SMILES string of the molecule is CCOC(=O)N1CCN(C(=O)[C@H](C#P=O)NC(=O)c2cc(N3CC[C@H](OC)C3)cc(-c3ccccc3)n2)C(C)C1. The Kier molecular flexibility index (Phi) is 9.98. The molecule has 12 heteroatoms. The van der Waals surface area contributed by atoms with E-state index in [9.17, 15) is 18.9 Å². The molecule has 1 unspecified atom stereocenters. The van der Waals surface area contributed by atoms with E-state index in [4.69, 9.17) is 9.47 Å². The Labute approximate surface area is 234 Å². The van der Waals surface area contributed by atoms with Gasteiger partial charge in [-0.05, 0) is 0 Å². The zero-order chi connectivity index (χ0) is 28.6. The number of aromatic nitrogens is 1. The summed E-state index contributed by atoms with van der Waals surface area (Å²) in [5, 5.41) is 2.66. The van der Waals surface area contributed by atoms with Gasteiger partial charge < -0.3 is 0 Å². The molecule has 3 heterocycles. The normalized spacial score (nSPS) is 19.5. The quantitative estimate of drug-likeness (QED) is 0.507. The van der Waals surface area contributed by atoms with Gasteiger partial charge in [-0.1, -0.05) is 0 Å². The molecule has 0 saturated carbocycles. The Morgan fingerprint density at radius 2 is 1.93 bits per heavy atom. The van der Waals surface area contributed by atoms with E-state index >= 15 is 0 Å². The number of rotatable bonds is 7. The molecule has 3 atom stereocenters. The zero-order valence-corrected chi connectivity index (χ0v) is 23.8. The number of piperazine rings is 1. The summed E-state index contributed by atoms with van der Waals surface area (Å²) in [5.41, 5.74) is 4.92. The van der Waals surface area contributed by atoms with Gasteiger partial charge in [0.1, 0.15) is 0 Å². The summed E-state index contributed by atoms with van der Waals surface area (Å²) in [6.45, 7) is 6.06. The number of nitrogens with zero attached hydrogens (tertiary/aromatic N) is 4. The molecule has 2 fully saturated rings.